The van der Waals surface area contributed by atoms with E-state index in [0.717, 1.165) is 5.56 Å². The fourth-order valence-electron chi connectivity index (χ4n) is 2.46. The van der Waals surface area contributed by atoms with E-state index in [1.807, 2.05) is 51.1 Å². The van der Waals surface area contributed by atoms with Crippen molar-refractivity contribution in [3.05, 3.63) is 35.9 Å². The lowest BCUT2D eigenvalue weighted by molar-refractivity contribution is -0.000592. The van der Waals surface area contributed by atoms with Gasteiger partial charge in [-0.3, -0.25) is 4.90 Å². The molecule has 2 rings (SSSR count). The van der Waals surface area contributed by atoms with Gasteiger partial charge in [-0.15, -0.1) is 0 Å². The van der Waals surface area contributed by atoms with Crippen molar-refractivity contribution in [2.45, 2.75) is 32.4 Å². The summed E-state index contributed by atoms with van der Waals surface area (Å²) in [7, 11) is 0. The molecule has 0 bridgehead atoms. The van der Waals surface area contributed by atoms with Crippen LogP contribution in [0.1, 0.15) is 32.4 Å². The highest BCUT2D eigenvalue weighted by atomic mass is 16.6. The Bertz CT molecular complexity index is 539. The van der Waals surface area contributed by atoms with Gasteiger partial charge in [-0.25, -0.2) is 9.59 Å². The van der Waals surface area contributed by atoms with E-state index in [4.69, 9.17) is 4.74 Å². The van der Waals surface area contributed by atoms with E-state index in [1.54, 1.807) is 4.90 Å². The van der Waals surface area contributed by atoms with E-state index in [-0.39, 0.29) is 19.1 Å². The minimum absolute atomic E-state index is 0.249. The Labute approximate surface area is 130 Å². The average Bonchev–Trinajstić information content (AvgIpc) is 2.45. The Kier molecular flexibility index (Phi) is 4.59. The molecule has 0 spiro atoms. The minimum Gasteiger partial charge on any atom is -0.465 e. The van der Waals surface area contributed by atoms with Crippen LogP contribution in [0.3, 0.4) is 0 Å². The van der Waals surface area contributed by atoms with Crippen LogP contribution < -0.4 is 0 Å². The summed E-state index contributed by atoms with van der Waals surface area (Å²) >= 11 is 0. The van der Waals surface area contributed by atoms with Crippen molar-refractivity contribution in [1.29, 1.82) is 0 Å². The van der Waals surface area contributed by atoms with Crippen molar-refractivity contribution in [2.75, 3.05) is 19.6 Å². The lowest BCUT2D eigenvalue weighted by atomic mass is 10.0. The molecule has 120 valence electrons. The zero-order valence-corrected chi connectivity index (χ0v) is 13.2. The van der Waals surface area contributed by atoms with Crippen molar-refractivity contribution in [3.8, 4) is 0 Å². The van der Waals surface area contributed by atoms with Gasteiger partial charge in [0.2, 0.25) is 0 Å². The molecule has 6 heteroatoms. The second kappa shape index (κ2) is 6.25. The molecular weight excluding hydrogens is 284 g/mol. The molecule has 0 saturated carbocycles. The predicted molar refractivity (Wildman–Crippen MR) is 81.7 cm³/mol. The van der Waals surface area contributed by atoms with Gasteiger partial charge in [-0.1, -0.05) is 30.3 Å². The van der Waals surface area contributed by atoms with Gasteiger partial charge >= 0.3 is 12.2 Å². The molecule has 1 saturated heterocycles. The fourth-order valence-corrected chi connectivity index (χ4v) is 2.46. The summed E-state index contributed by atoms with van der Waals surface area (Å²) in [6.45, 7) is 6.30. The van der Waals surface area contributed by atoms with E-state index >= 15 is 0 Å². The van der Waals surface area contributed by atoms with Crippen LogP contribution in [0.25, 0.3) is 0 Å². The molecule has 0 aromatic heterocycles. The van der Waals surface area contributed by atoms with Gasteiger partial charge in [0.05, 0.1) is 6.04 Å². The third kappa shape index (κ3) is 3.90. The number of amides is 2. The van der Waals surface area contributed by atoms with Crippen LogP contribution >= 0.6 is 0 Å². The van der Waals surface area contributed by atoms with Crippen molar-refractivity contribution in [3.63, 3.8) is 0 Å². The van der Waals surface area contributed by atoms with Crippen LogP contribution in [0.4, 0.5) is 9.59 Å². The summed E-state index contributed by atoms with van der Waals surface area (Å²) < 4.78 is 5.45. The highest BCUT2D eigenvalue weighted by Crippen LogP contribution is 2.27. The maximum atomic E-state index is 12.4. The van der Waals surface area contributed by atoms with Gasteiger partial charge in [0.1, 0.15) is 5.60 Å². The van der Waals surface area contributed by atoms with Gasteiger partial charge in [0, 0.05) is 19.6 Å². The predicted octanol–water partition coefficient (Wildman–Crippen LogP) is 2.96. The van der Waals surface area contributed by atoms with E-state index in [9.17, 15) is 14.7 Å². The standard InChI is InChI=1S/C16H22N2O4/c1-16(2,3)22-15(21)18-10-9-17(14(19)20)11-13(18)12-7-5-4-6-8-12/h4-8,13H,9-11H2,1-3H3,(H,19,20). The third-order valence-corrected chi connectivity index (χ3v) is 3.46. The molecule has 1 atom stereocenters. The van der Waals surface area contributed by atoms with Gasteiger partial charge in [0.25, 0.3) is 0 Å². The SMILES string of the molecule is CC(C)(C)OC(=O)N1CCN(C(=O)O)CC1c1ccccc1. The number of benzene rings is 1. The van der Waals surface area contributed by atoms with E-state index < -0.39 is 17.8 Å². The molecule has 22 heavy (non-hydrogen) atoms. The monoisotopic (exact) mass is 306 g/mol. The molecule has 1 aromatic rings. The van der Waals surface area contributed by atoms with Gasteiger partial charge < -0.3 is 14.7 Å². The maximum absolute atomic E-state index is 12.4. The molecule has 1 aliphatic heterocycles. The van der Waals surface area contributed by atoms with E-state index in [1.165, 1.54) is 4.90 Å². The number of carbonyl (C=O) groups excluding carboxylic acids is 1. The molecule has 2 amide bonds. The summed E-state index contributed by atoms with van der Waals surface area (Å²) in [6.07, 6.45) is -1.38. The van der Waals surface area contributed by atoms with Crippen molar-refractivity contribution < 1.29 is 19.4 Å². The number of hydrogen-bond donors (Lipinski definition) is 1. The largest absolute Gasteiger partial charge is 0.465 e. The Morgan fingerprint density at radius 1 is 1.18 bits per heavy atom. The zero-order valence-electron chi connectivity index (χ0n) is 13.2. The van der Waals surface area contributed by atoms with Gasteiger partial charge in [-0.05, 0) is 26.3 Å². The van der Waals surface area contributed by atoms with Crippen LogP contribution in [-0.2, 0) is 4.74 Å². The van der Waals surface area contributed by atoms with Gasteiger partial charge in [0.15, 0.2) is 0 Å². The average molecular weight is 306 g/mol. The Balaban J connectivity index is 2.23. The maximum Gasteiger partial charge on any atom is 0.410 e. The molecular formula is C16H22N2O4. The number of nitrogens with zero attached hydrogens (tertiary/aromatic N) is 2. The summed E-state index contributed by atoms with van der Waals surface area (Å²) in [5, 5.41) is 9.21. The number of ether oxygens (including phenoxy) is 1. The molecule has 1 heterocycles. The molecule has 1 aromatic carbocycles. The Morgan fingerprint density at radius 2 is 1.82 bits per heavy atom. The second-order valence-corrected chi connectivity index (χ2v) is 6.33. The van der Waals surface area contributed by atoms with Crippen LogP contribution in [0.15, 0.2) is 30.3 Å². The lowest BCUT2D eigenvalue weighted by Crippen LogP contribution is -2.53. The highest BCUT2D eigenvalue weighted by molar-refractivity contribution is 5.70. The molecule has 1 N–H and O–H groups in total. The number of piperazine rings is 1. The molecule has 6 nitrogen and oxygen atoms in total. The van der Waals surface area contributed by atoms with Crippen molar-refractivity contribution in [2.24, 2.45) is 0 Å². The number of rotatable bonds is 1. The topological polar surface area (TPSA) is 70.1 Å². The van der Waals surface area contributed by atoms with Crippen molar-refractivity contribution >= 4 is 12.2 Å². The van der Waals surface area contributed by atoms with Crippen LogP contribution in [0.2, 0.25) is 0 Å². The first-order chi connectivity index (χ1) is 10.3. The smallest absolute Gasteiger partial charge is 0.410 e. The summed E-state index contributed by atoms with van der Waals surface area (Å²) in [5.74, 6) is 0. The Hall–Kier alpha value is -2.24. The lowest BCUT2D eigenvalue weighted by Gasteiger charge is -2.40. The van der Waals surface area contributed by atoms with Crippen LogP contribution in [0, 0.1) is 0 Å². The molecule has 1 unspecified atom stereocenters. The molecule has 1 fully saturated rings. The Morgan fingerprint density at radius 3 is 2.36 bits per heavy atom. The second-order valence-electron chi connectivity index (χ2n) is 6.33. The summed E-state index contributed by atoms with van der Waals surface area (Å²) in [5.41, 5.74) is 0.321. The molecule has 0 radical (unpaired) electrons. The summed E-state index contributed by atoms with van der Waals surface area (Å²) in [6, 6.07) is 9.10. The quantitative estimate of drug-likeness (QED) is 0.866. The first-order valence-electron chi connectivity index (χ1n) is 7.30. The first kappa shape index (κ1) is 16.1. The number of carbonyl (C=O) groups is 2. The fraction of sp³-hybridized carbons (Fsp3) is 0.500. The first-order valence-corrected chi connectivity index (χ1v) is 7.30. The third-order valence-electron chi connectivity index (χ3n) is 3.46. The zero-order chi connectivity index (χ0) is 16.3. The number of carboxylic acid groups (broad SMARTS) is 1. The minimum atomic E-state index is -0.968. The van der Waals surface area contributed by atoms with E-state index in [0.29, 0.717) is 6.54 Å². The van der Waals surface area contributed by atoms with Gasteiger partial charge in [-0.2, -0.15) is 0 Å². The molecule has 1 aliphatic rings. The highest BCUT2D eigenvalue weighted by Gasteiger charge is 2.35. The number of hydrogen-bond acceptors (Lipinski definition) is 3. The normalized spacial score (nSPS) is 19.0. The summed E-state index contributed by atoms with van der Waals surface area (Å²) in [4.78, 5) is 26.6. The van der Waals surface area contributed by atoms with Crippen molar-refractivity contribution in [1.82, 2.24) is 9.80 Å². The van der Waals surface area contributed by atoms with Crippen LogP contribution in [0.5, 0.6) is 0 Å². The molecule has 0 aliphatic carbocycles. The van der Waals surface area contributed by atoms with Crippen LogP contribution in [-0.4, -0.2) is 52.3 Å². The van der Waals surface area contributed by atoms with E-state index in [2.05, 4.69) is 0 Å².